The van der Waals surface area contributed by atoms with Crippen molar-refractivity contribution in [3.8, 4) is 0 Å². The maximum Gasteiger partial charge on any atom is 0.0163 e. The fraction of sp³-hybridized carbons (Fsp3) is 1.00. The molecule has 0 aromatic rings. The molecule has 0 nitrogen and oxygen atoms in total. The molecule has 10 heavy (non-hydrogen) atoms. The van der Waals surface area contributed by atoms with Gasteiger partial charge in [-0.25, -0.2) is 0 Å². The fourth-order valence-electron chi connectivity index (χ4n) is 0.547. The lowest BCUT2D eigenvalue weighted by atomic mass is 9.98. The molecule has 0 aromatic carbocycles. The van der Waals surface area contributed by atoms with Crippen molar-refractivity contribution in [2.24, 2.45) is 0 Å². The summed E-state index contributed by atoms with van der Waals surface area (Å²) in [6.07, 6.45) is 0. The van der Waals surface area contributed by atoms with Crippen LogP contribution in [0.3, 0.4) is 0 Å². The lowest BCUT2D eigenvalue weighted by Gasteiger charge is -2.41. The predicted molar refractivity (Wildman–Crippen MR) is 55.9 cm³/mol. The van der Waals surface area contributed by atoms with Crippen molar-refractivity contribution < 1.29 is 0 Å². The molecule has 2 heteroatoms. The summed E-state index contributed by atoms with van der Waals surface area (Å²) in [5, 5.41) is 0.367. The molecule has 0 bridgehead atoms. The summed E-state index contributed by atoms with van der Waals surface area (Å²) in [5.41, 5.74) is 0. The smallest absolute Gasteiger partial charge is 0.0163 e. The zero-order valence-corrected chi connectivity index (χ0v) is 9.68. The van der Waals surface area contributed by atoms with Gasteiger partial charge in [-0.15, -0.1) is 7.92 Å². The summed E-state index contributed by atoms with van der Waals surface area (Å²) >= 11 is 4.59. The van der Waals surface area contributed by atoms with Crippen molar-refractivity contribution in [3.63, 3.8) is 0 Å². The Morgan fingerprint density at radius 3 is 1.30 bits per heavy atom. The fourth-order valence-corrected chi connectivity index (χ4v) is 2.24. The standard InChI is InChI=1S/C8H19PS/c1-7(2,9(5)6)8(3,4)10/h10H,1-6H3. The number of rotatable bonds is 2. The monoisotopic (exact) mass is 178 g/mol. The van der Waals surface area contributed by atoms with Gasteiger partial charge in [0, 0.05) is 4.75 Å². The molecule has 0 rings (SSSR count). The molecular formula is C8H19PS. The Morgan fingerprint density at radius 2 is 1.30 bits per heavy atom. The van der Waals surface area contributed by atoms with Gasteiger partial charge in [0.25, 0.3) is 0 Å². The van der Waals surface area contributed by atoms with E-state index >= 15 is 0 Å². The quantitative estimate of drug-likeness (QED) is 0.487. The summed E-state index contributed by atoms with van der Waals surface area (Å²) < 4.78 is 0.141. The first-order valence-electron chi connectivity index (χ1n) is 3.59. The minimum absolute atomic E-state index is 0.0918. The Morgan fingerprint density at radius 1 is 1.00 bits per heavy atom. The lowest BCUT2D eigenvalue weighted by Crippen LogP contribution is -2.38. The highest BCUT2D eigenvalue weighted by Crippen LogP contribution is 2.51. The van der Waals surface area contributed by atoms with E-state index in [1.54, 1.807) is 0 Å². The molecule has 0 aromatic heterocycles. The van der Waals surface area contributed by atoms with E-state index < -0.39 is 0 Å². The van der Waals surface area contributed by atoms with Gasteiger partial charge in [0.2, 0.25) is 0 Å². The minimum Gasteiger partial charge on any atom is -0.172 e. The van der Waals surface area contributed by atoms with Gasteiger partial charge in [-0.2, -0.15) is 12.6 Å². The van der Waals surface area contributed by atoms with Crippen LogP contribution in [-0.4, -0.2) is 23.2 Å². The average Bonchev–Trinajstić information content (AvgIpc) is 1.62. The van der Waals surface area contributed by atoms with E-state index in [2.05, 4.69) is 53.7 Å². The molecule has 0 amide bonds. The molecule has 0 saturated carbocycles. The first-order chi connectivity index (χ1) is 4.19. The van der Waals surface area contributed by atoms with Crippen LogP contribution < -0.4 is 0 Å². The van der Waals surface area contributed by atoms with E-state index in [9.17, 15) is 0 Å². The summed E-state index contributed by atoms with van der Waals surface area (Å²) in [7, 11) is 0.0918. The largest absolute Gasteiger partial charge is 0.172 e. The van der Waals surface area contributed by atoms with E-state index in [4.69, 9.17) is 0 Å². The second-order valence-electron chi connectivity index (χ2n) is 4.01. The Kier molecular flexibility index (Phi) is 3.26. The normalized spacial score (nSPS) is 14.4. The Bertz CT molecular complexity index is 111. The maximum atomic E-state index is 4.59. The van der Waals surface area contributed by atoms with Crippen LogP contribution in [0.25, 0.3) is 0 Å². The molecular weight excluding hydrogens is 159 g/mol. The average molecular weight is 178 g/mol. The van der Waals surface area contributed by atoms with E-state index in [-0.39, 0.29) is 12.7 Å². The minimum atomic E-state index is 0.0918. The SMILES string of the molecule is CP(C)C(C)(C)C(C)(C)S. The van der Waals surface area contributed by atoms with Gasteiger partial charge in [-0.05, 0) is 18.5 Å². The van der Waals surface area contributed by atoms with Crippen molar-refractivity contribution in [3.05, 3.63) is 0 Å². The van der Waals surface area contributed by atoms with Crippen molar-refractivity contribution in [1.82, 2.24) is 0 Å². The molecule has 0 spiro atoms. The van der Waals surface area contributed by atoms with E-state index in [1.807, 2.05) is 0 Å². The van der Waals surface area contributed by atoms with Gasteiger partial charge >= 0.3 is 0 Å². The van der Waals surface area contributed by atoms with Crippen LogP contribution >= 0.6 is 20.6 Å². The van der Waals surface area contributed by atoms with Crippen LogP contribution in [-0.2, 0) is 0 Å². The molecule has 0 saturated heterocycles. The van der Waals surface area contributed by atoms with Crippen LogP contribution in [0.15, 0.2) is 0 Å². The van der Waals surface area contributed by atoms with Crippen LogP contribution in [0, 0.1) is 0 Å². The molecule has 0 N–H and O–H groups in total. The molecule has 0 unspecified atom stereocenters. The summed E-state index contributed by atoms with van der Waals surface area (Å²) in [4.78, 5) is 0. The number of hydrogen-bond donors (Lipinski definition) is 1. The van der Waals surface area contributed by atoms with Gasteiger partial charge in [0.15, 0.2) is 0 Å². The molecule has 0 aliphatic rings. The van der Waals surface area contributed by atoms with Crippen molar-refractivity contribution in [2.45, 2.75) is 37.6 Å². The van der Waals surface area contributed by atoms with Crippen LogP contribution in [0.2, 0.25) is 0 Å². The second-order valence-corrected chi connectivity index (χ2v) is 8.04. The first kappa shape index (κ1) is 10.8. The highest BCUT2D eigenvalue weighted by molar-refractivity contribution is 7.82. The van der Waals surface area contributed by atoms with Crippen LogP contribution in [0.5, 0.6) is 0 Å². The lowest BCUT2D eigenvalue weighted by molar-refractivity contribution is 0.547. The van der Waals surface area contributed by atoms with Gasteiger partial charge in [0.05, 0.1) is 0 Å². The topological polar surface area (TPSA) is 0 Å². The molecule has 0 fully saturated rings. The molecule has 62 valence electrons. The summed E-state index contributed by atoms with van der Waals surface area (Å²) in [6.45, 7) is 13.6. The van der Waals surface area contributed by atoms with Gasteiger partial charge in [0.1, 0.15) is 0 Å². The van der Waals surface area contributed by atoms with E-state index in [0.717, 1.165) is 0 Å². The molecule has 0 aliphatic heterocycles. The zero-order chi connectivity index (χ0) is 8.58. The predicted octanol–water partition coefficient (Wildman–Crippen LogP) is 3.21. The highest BCUT2D eigenvalue weighted by atomic mass is 32.1. The summed E-state index contributed by atoms with van der Waals surface area (Å²) in [6, 6.07) is 0. The Labute approximate surface area is 71.9 Å². The van der Waals surface area contributed by atoms with Crippen molar-refractivity contribution in [2.75, 3.05) is 13.3 Å². The van der Waals surface area contributed by atoms with Gasteiger partial charge in [-0.1, -0.05) is 27.7 Å². The van der Waals surface area contributed by atoms with Crippen molar-refractivity contribution >= 4 is 20.6 Å². The number of thiol groups is 1. The van der Waals surface area contributed by atoms with Crippen LogP contribution in [0.4, 0.5) is 0 Å². The Balaban J connectivity index is 4.40. The molecule has 0 heterocycles. The molecule has 0 radical (unpaired) electrons. The molecule has 0 atom stereocenters. The third-order valence-corrected chi connectivity index (χ3v) is 6.15. The molecule has 0 aliphatic carbocycles. The second kappa shape index (κ2) is 3.03. The van der Waals surface area contributed by atoms with Crippen LogP contribution in [0.1, 0.15) is 27.7 Å². The van der Waals surface area contributed by atoms with E-state index in [0.29, 0.717) is 5.16 Å². The summed E-state index contributed by atoms with van der Waals surface area (Å²) in [5.74, 6) is 0. The number of hydrogen-bond acceptors (Lipinski definition) is 1. The third kappa shape index (κ3) is 2.13. The first-order valence-corrected chi connectivity index (χ1v) is 6.27. The van der Waals surface area contributed by atoms with Gasteiger partial charge in [-0.3, -0.25) is 0 Å². The van der Waals surface area contributed by atoms with Gasteiger partial charge < -0.3 is 0 Å². The Hall–Kier alpha value is 0.780. The maximum absolute atomic E-state index is 4.59. The third-order valence-electron chi connectivity index (χ3n) is 2.62. The highest BCUT2D eigenvalue weighted by Gasteiger charge is 2.36. The van der Waals surface area contributed by atoms with Crippen molar-refractivity contribution in [1.29, 1.82) is 0 Å². The zero-order valence-electron chi connectivity index (χ0n) is 7.89. The van der Waals surface area contributed by atoms with E-state index in [1.165, 1.54) is 0 Å².